The van der Waals surface area contributed by atoms with E-state index in [1.165, 1.54) is 6.92 Å². The van der Waals surface area contributed by atoms with Crippen LogP contribution in [0.3, 0.4) is 0 Å². The standard InChI is InChI=1S/C21H28N2O4/c1-3-4-14-26-18-10-8-17(9-11-18)20(25)27-16(2)19(24)23-21(15-22)12-6-5-7-13-21/h8-11,16H,3-7,12-14H2,1-2H3,(H,23,24)/t16-/m1/s1. The summed E-state index contributed by atoms with van der Waals surface area (Å²) in [4.78, 5) is 24.6. The summed E-state index contributed by atoms with van der Waals surface area (Å²) in [6, 6.07) is 8.89. The van der Waals surface area contributed by atoms with Gasteiger partial charge in [0.05, 0.1) is 18.2 Å². The summed E-state index contributed by atoms with van der Waals surface area (Å²) in [5.74, 6) is -0.321. The minimum absolute atomic E-state index is 0.352. The Labute approximate surface area is 160 Å². The molecule has 1 N–H and O–H groups in total. The summed E-state index contributed by atoms with van der Waals surface area (Å²) < 4.78 is 10.8. The molecule has 1 aliphatic carbocycles. The molecule has 0 bridgehead atoms. The zero-order valence-corrected chi connectivity index (χ0v) is 16.1. The lowest BCUT2D eigenvalue weighted by molar-refractivity contribution is -0.130. The van der Waals surface area contributed by atoms with Crippen LogP contribution in [0.25, 0.3) is 0 Å². The van der Waals surface area contributed by atoms with E-state index < -0.39 is 23.5 Å². The van der Waals surface area contributed by atoms with Gasteiger partial charge in [-0.15, -0.1) is 0 Å². The molecule has 1 atom stereocenters. The molecule has 1 aliphatic rings. The highest BCUT2D eigenvalue weighted by Crippen LogP contribution is 2.27. The van der Waals surface area contributed by atoms with Crippen molar-refractivity contribution in [1.29, 1.82) is 5.26 Å². The first kappa shape index (κ1) is 20.8. The predicted octanol–water partition coefficient (Wildman–Crippen LogP) is 3.75. The maximum absolute atomic E-state index is 12.4. The summed E-state index contributed by atoms with van der Waals surface area (Å²) in [6.07, 6.45) is 5.22. The van der Waals surface area contributed by atoms with Gasteiger partial charge in [0, 0.05) is 0 Å². The van der Waals surface area contributed by atoms with Gasteiger partial charge in [-0.05, 0) is 50.5 Å². The van der Waals surface area contributed by atoms with Gasteiger partial charge in [0.25, 0.3) is 5.91 Å². The Hall–Kier alpha value is -2.55. The number of unbranched alkanes of at least 4 members (excludes halogenated alkanes) is 1. The van der Waals surface area contributed by atoms with Crippen LogP contribution in [0.15, 0.2) is 24.3 Å². The molecule has 0 spiro atoms. The lowest BCUT2D eigenvalue weighted by Gasteiger charge is -2.32. The molecule has 1 aromatic rings. The third-order valence-corrected chi connectivity index (χ3v) is 4.79. The monoisotopic (exact) mass is 372 g/mol. The van der Waals surface area contributed by atoms with Crippen LogP contribution in [0, 0.1) is 11.3 Å². The Balaban J connectivity index is 1.88. The molecule has 1 aromatic carbocycles. The van der Waals surface area contributed by atoms with E-state index in [1.54, 1.807) is 24.3 Å². The largest absolute Gasteiger partial charge is 0.494 e. The number of carbonyl (C=O) groups is 2. The molecule has 27 heavy (non-hydrogen) atoms. The normalized spacial score (nSPS) is 16.6. The summed E-state index contributed by atoms with van der Waals surface area (Å²) in [7, 11) is 0. The van der Waals surface area contributed by atoms with E-state index in [2.05, 4.69) is 18.3 Å². The molecule has 0 aliphatic heterocycles. The van der Waals surface area contributed by atoms with E-state index in [9.17, 15) is 14.9 Å². The van der Waals surface area contributed by atoms with Crippen molar-refractivity contribution in [3.63, 3.8) is 0 Å². The van der Waals surface area contributed by atoms with Crippen LogP contribution < -0.4 is 10.1 Å². The molecule has 6 nitrogen and oxygen atoms in total. The SMILES string of the molecule is CCCCOc1ccc(C(=O)O[C@H](C)C(=O)NC2(C#N)CCCCC2)cc1. The second-order valence-electron chi connectivity index (χ2n) is 7.02. The van der Waals surface area contributed by atoms with Gasteiger partial charge in [0.2, 0.25) is 0 Å². The molecule has 2 rings (SSSR count). The molecule has 6 heteroatoms. The predicted molar refractivity (Wildman–Crippen MR) is 101 cm³/mol. The molecule has 1 fully saturated rings. The first-order valence-electron chi connectivity index (χ1n) is 9.67. The quantitative estimate of drug-likeness (QED) is 0.554. The van der Waals surface area contributed by atoms with E-state index in [0.717, 1.165) is 32.1 Å². The topological polar surface area (TPSA) is 88.4 Å². The van der Waals surface area contributed by atoms with Crippen LogP contribution in [-0.4, -0.2) is 30.1 Å². The number of rotatable bonds is 8. The van der Waals surface area contributed by atoms with Crippen molar-refractivity contribution in [3.05, 3.63) is 29.8 Å². The lowest BCUT2D eigenvalue weighted by atomic mass is 9.83. The Bertz CT molecular complexity index is 672. The molecule has 0 heterocycles. The highest BCUT2D eigenvalue weighted by Gasteiger charge is 2.35. The maximum Gasteiger partial charge on any atom is 0.338 e. The van der Waals surface area contributed by atoms with Gasteiger partial charge >= 0.3 is 5.97 Å². The minimum Gasteiger partial charge on any atom is -0.494 e. The van der Waals surface area contributed by atoms with Crippen LogP contribution in [0.1, 0.15) is 69.2 Å². The summed E-state index contributed by atoms with van der Waals surface area (Å²) in [5, 5.41) is 12.2. The summed E-state index contributed by atoms with van der Waals surface area (Å²) >= 11 is 0. The van der Waals surface area contributed by atoms with Crippen molar-refractivity contribution in [1.82, 2.24) is 5.32 Å². The number of nitrogens with zero attached hydrogens (tertiary/aromatic N) is 1. The molecule has 1 saturated carbocycles. The summed E-state index contributed by atoms with van der Waals surface area (Å²) in [5.41, 5.74) is -0.488. The second-order valence-corrected chi connectivity index (χ2v) is 7.02. The maximum atomic E-state index is 12.4. The molecule has 1 amide bonds. The number of benzene rings is 1. The van der Waals surface area contributed by atoms with Crippen molar-refractivity contribution >= 4 is 11.9 Å². The average molecular weight is 372 g/mol. The van der Waals surface area contributed by atoms with E-state index in [-0.39, 0.29) is 0 Å². The van der Waals surface area contributed by atoms with Crippen LogP contribution in [0.4, 0.5) is 0 Å². The average Bonchev–Trinajstić information content (AvgIpc) is 2.69. The van der Waals surface area contributed by atoms with Crippen molar-refractivity contribution in [2.75, 3.05) is 6.61 Å². The highest BCUT2D eigenvalue weighted by molar-refractivity contribution is 5.92. The molecular formula is C21H28N2O4. The van der Waals surface area contributed by atoms with Gasteiger partial charge in [-0.1, -0.05) is 32.6 Å². The smallest absolute Gasteiger partial charge is 0.338 e. The van der Waals surface area contributed by atoms with Crippen LogP contribution in [-0.2, 0) is 9.53 Å². The minimum atomic E-state index is -0.967. The second kappa shape index (κ2) is 9.96. The van der Waals surface area contributed by atoms with Gasteiger partial charge in [0.1, 0.15) is 11.3 Å². The van der Waals surface area contributed by atoms with Gasteiger partial charge in [0.15, 0.2) is 6.10 Å². The van der Waals surface area contributed by atoms with Crippen molar-refractivity contribution in [3.8, 4) is 11.8 Å². The van der Waals surface area contributed by atoms with Gasteiger partial charge in [-0.2, -0.15) is 5.26 Å². The molecule has 0 unspecified atom stereocenters. The number of nitrogens with one attached hydrogen (secondary N) is 1. The van der Waals surface area contributed by atoms with E-state index >= 15 is 0 Å². The fraction of sp³-hybridized carbons (Fsp3) is 0.571. The number of hydrogen-bond donors (Lipinski definition) is 1. The van der Waals surface area contributed by atoms with Crippen LogP contribution >= 0.6 is 0 Å². The number of esters is 1. The number of ether oxygens (including phenoxy) is 2. The van der Waals surface area contributed by atoms with E-state index in [4.69, 9.17) is 9.47 Å². The van der Waals surface area contributed by atoms with Crippen molar-refractivity contribution < 1.29 is 19.1 Å². The van der Waals surface area contributed by atoms with Crippen molar-refractivity contribution in [2.24, 2.45) is 0 Å². The van der Waals surface area contributed by atoms with Gasteiger partial charge in [-0.3, -0.25) is 4.79 Å². The van der Waals surface area contributed by atoms with Crippen molar-refractivity contribution in [2.45, 2.75) is 70.4 Å². The fourth-order valence-corrected chi connectivity index (χ4v) is 3.06. The lowest BCUT2D eigenvalue weighted by Crippen LogP contribution is -2.52. The Morgan fingerprint density at radius 3 is 2.48 bits per heavy atom. The number of amides is 1. The molecule has 146 valence electrons. The number of hydrogen-bond acceptors (Lipinski definition) is 5. The third-order valence-electron chi connectivity index (χ3n) is 4.79. The zero-order chi connectivity index (χ0) is 19.7. The molecule has 0 radical (unpaired) electrons. The first-order chi connectivity index (χ1) is 13.0. The summed E-state index contributed by atoms with van der Waals surface area (Å²) in [6.45, 7) is 4.24. The number of carbonyl (C=O) groups excluding carboxylic acids is 2. The zero-order valence-electron chi connectivity index (χ0n) is 16.1. The van der Waals surface area contributed by atoms with Gasteiger partial charge in [-0.25, -0.2) is 4.79 Å². The van der Waals surface area contributed by atoms with Crippen LogP contribution in [0.2, 0.25) is 0 Å². The highest BCUT2D eigenvalue weighted by atomic mass is 16.5. The van der Waals surface area contributed by atoms with E-state index in [1.807, 2.05) is 0 Å². The Morgan fingerprint density at radius 2 is 1.89 bits per heavy atom. The van der Waals surface area contributed by atoms with E-state index in [0.29, 0.717) is 30.8 Å². The third kappa shape index (κ3) is 5.99. The molecular weight excluding hydrogens is 344 g/mol. The first-order valence-corrected chi connectivity index (χ1v) is 9.67. The molecule has 0 aromatic heterocycles. The molecule has 0 saturated heterocycles. The van der Waals surface area contributed by atoms with Gasteiger partial charge < -0.3 is 14.8 Å². The Kier molecular flexibility index (Phi) is 7.66. The Morgan fingerprint density at radius 1 is 1.22 bits per heavy atom. The fourth-order valence-electron chi connectivity index (χ4n) is 3.06. The number of nitriles is 1. The van der Waals surface area contributed by atoms with Crippen LogP contribution in [0.5, 0.6) is 5.75 Å².